The van der Waals surface area contributed by atoms with Crippen molar-refractivity contribution in [3.63, 3.8) is 0 Å². The van der Waals surface area contributed by atoms with E-state index in [1.165, 1.54) is 6.20 Å². The summed E-state index contributed by atoms with van der Waals surface area (Å²) >= 11 is 0. The zero-order chi connectivity index (χ0) is 20.1. The van der Waals surface area contributed by atoms with Crippen LogP contribution in [0.25, 0.3) is 0 Å². The predicted molar refractivity (Wildman–Crippen MR) is 107 cm³/mol. The molecule has 29 heavy (non-hydrogen) atoms. The number of rotatable bonds is 7. The van der Waals surface area contributed by atoms with Crippen LogP contribution in [0, 0.1) is 0 Å². The third-order valence-electron chi connectivity index (χ3n) is 4.39. The van der Waals surface area contributed by atoms with Crippen molar-refractivity contribution >= 4 is 17.5 Å². The Bertz CT molecular complexity index is 1030. The van der Waals surface area contributed by atoms with Crippen molar-refractivity contribution in [3.8, 4) is 17.2 Å². The molecule has 0 radical (unpaired) electrons. The second-order valence-corrected chi connectivity index (χ2v) is 6.28. The topological polar surface area (TPSA) is 94.6 Å². The summed E-state index contributed by atoms with van der Waals surface area (Å²) in [6.07, 6.45) is 2.20. The van der Waals surface area contributed by atoms with Gasteiger partial charge in [0.2, 0.25) is 12.7 Å². The van der Waals surface area contributed by atoms with Crippen LogP contribution in [0.1, 0.15) is 16.1 Å². The van der Waals surface area contributed by atoms with Gasteiger partial charge in [-0.15, -0.1) is 0 Å². The van der Waals surface area contributed by atoms with Gasteiger partial charge in [0.25, 0.3) is 5.91 Å². The average molecular weight is 392 g/mol. The highest BCUT2D eigenvalue weighted by Crippen LogP contribution is 2.34. The quantitative estimate of drug-likeness (QED) is 0.638. The van der Waals surface area contributed by atoms with Crippen LogP contribution in [-0.4, -0.2) is 36.3 Å². The zero-order valence-electron chi connectivity index (χ0n) is 15.8. The smallest absolute Gasteiger partial charge is 0.270 e. The Hall–Kier alpha value is -3.81. The number of anilines is 2. The van der Waals surface area contributed by atoms with Crippen molar-refractivity contribution in [3.05, 3.63) is 66.0 Å². The van der Waals surface area contributed by atoms with Crippen molar-refractivity contribution in [1.82, 2.24) is 15.3 Å². The number of nitrogens with zero attached hydrogens (tertiary/aromatic N) is 2. The largest absolute Gasteiger partial charge is 0.496 e. The minimum atomic E-state index is -0.268. The molecule has 0 bridgehead atoms. The summed E-state index contributed by atoms with van der Waals surface area (Å²) in [6, 6.07) is 14.7. The van der Waals surface area contributed by atoms with Crippen LogP contribution in [0.4, 0.5) is 11.6 Å². The fourth-order valence-electron chi connectivity index (χ4n) is 2.96. The van der Waals surface area contributed by atoms with Gasteiger partial charge in [-0.2, -0.15) is 0 Å². The molecule has 1 aliphatic heterocycles. The van der Waals surface area contributed by atoms with Crippen LogP contribution in [0.3, 0.4) is 0 Å². The Morgan fingerprint density at radius 2 is 2.00 bits per heavy atom. The van der Waals surface area contributed by atoms with Gasteiger partial charge in [-0.3, -0.25) is 4.79 Å². The van der Waals surface area contributed by atoms with E-state index >= 15 is 0 Å². The standard InChI is InChI=1S/C21H20N4O4/c1-27-17-5-3-2-4-14(17)8-10-22-20(26)16-9-11-23-21(25-16)24-15-6-7-18-19(12-15)29-13-28-18/h2-7,9,11-12H,8,10,13H2,1H3,(H,22,26)(H,23,24,25). The second-order valence-electron chi connectivity index (χ2n) is 6.28. The summed E-state index contributed by atoms with van der Waals surface area (Å²) in [5, 5.41) is 5.95. The Morgan fingerprint density at radius 3 is 2.90 bits per heavy atom. The average Bonchev–Trinajstić information content (AvgIpc) is 3.22. The minimum absolute atomic E-state index is 0.208. The summed E-state index contributed by atoms with van der Waals surface area (Å²) in [4.78, 5) is 20.9. The fourth-order valence-corrected chi connectivity index (χ4v) is 2.96. The van der Waals surface area contributed by atoms with Crippen molar-refractivity contribution in [2.75, 3.05) is 25.8 Å². The molecule has 0 saturated carbocycles. The van der Waals surface area contributed by atoms with Gasteiger partial charge in [-0.05, 0) is 36.2 Å². The van der Waals surface area contributed by atoms with Gasteiger partial charge >= 0.3 is 0 Å². The van der Waals surface area contributed by atoms with E-state index in [4.69, 9.17) is 14.2 Å². The van der Waals surface area contributed by atoms with Crippen LogP contribution in [-0.2, 0) is 6.42 Å². The molecule has 3 aromatic rings. The molecular weight excluding hydrogens is 372 g/mol. The van der Waals surface area contributed by atoms with Gasteiger partial charge in [-0.1, -0.05) is 18.2 Å². The lowest BCUT2D eigenvalue weighted by Gasteiger charge is -2.10. The molecule has 0 unspecified atom stereocenters. The number of carbonyl (C=O) groups excluding carboxylic acids is 1. The molecular formula is C21H20N4O4. The highest BCUT2D eigenvalue weighted by molar-refractivity contribution is 5.92. The first kappa shape index (κ1) is 18.5. The number of carbonyl (C=O) groups is 1. The number of nitrogens with one attached hydrogen (secondary N) is 2. The van der Waals surface area contributed by atoms with Crippen molar-refractivity contribution in [1.29, 1.82) is 0 Å². The predicted octanol–water partition coefficient (Wildman–Crippen LogP) is 2.93. The molecule has 0 saturated heterocycles. The van der Waals surface area contributed by atoms with Crippen molar-refractivity contribution in [2.24, 2.45) is 0 Å². The van der Waals surface area contributed by atoms with Gasteiger partial charge in [0, 0.05) is 24.5 Å². The molecule has 8 heteroatoms. The molecule has 0 aliphatic carbocycles. The summed E-state index contributed by atoms with van der Waals surface area (Å²) < 4.78 is 16.0. The van der Waals surface area contributed by atoms with Gasteiger partial charge in [-0.25, -0.2) is 9.97 Å². The van der Waals surface area contributed by atoms with Gasteiger partial charge in [0.1, 0.15) is 11.4 Å². The van der Waals surface area contributed by atoms with Crippen LogP contribution in [0.5, 0.6) is 17.2 Å². The summed E-state index contributed by atoms with van der Waals surface area (Å²) in [5.41, 5.74) is 2.05. The molecule has 1 aliphatic rings. The van der Waals surface area contributed by atoms with E-state index < -0.39 is 0 Å². The van der Waals surface area contributed by atoms with E-state index in [1.54, 1.807) is 25.3 Å². The van der Waals surface area contributed by atoms with Crippen LogP contribution >= 0.6 is 0 Å². The first-order valence-corrected chi connectivity index (χ1v) is 9.13. The molecule has 2 N–H and O–H groups in total. The van der Waals surface area contributed by atoms with Gasteiger partial charge in [0.05, 0.1) is 7.11 Å². The van der Waals surface area contributed by atoms with Crippen molar-refractivity contribution in [2.45, 2.75) is 6.42 Å². The fraction of sp³-hybridized carbons (Fsp3) is 0.190. The molecule has 1 amide bonds. The second kappa shape index (κ2) is 8.47. The molecule has 0 spiro atoms. The minimum Gasteiger partial charge on any atom is -0.496 e. The lowest BCUT2D eigenvalue weighted by atomic mass is 10.1. The maximum absolute atomic E-state index is 12.5. The first-order valence-electron chi connectivity index (χ1n) is 9.13. The zero-order valence-corrected chi connectivity index (χ0v) is 15.8. The summed E-state index contributed by atoms with van der Waals surface area (Å²) in [7, 11) is 1.63. The first-order chi connectivity index (χ1) is 14.2. The third-order valence-corrected chi connectivity index (χ3v) is 4.39. The van der Waals surface area contributed by atoms with E-state index in [9.17, 15) is 4.79 Å². The van der Waals surface area contributed by atoms with E-state index in [0.717, 1.165) is 17.0 Å². The Labute approximate surface area is 167 Å². The molecule has 8 nitrogen and oxygen atoms in total. The highest BCUT2D eigenvalue weighted by Gasteiger charge is 2.14. The normalized spacial score (nSPS) is 11.8. The number of hydrogen-bond acceptors (Lipinski definition) is 7. The van der Waals surface area contributed by atoms with E-state index in [1.807, 2.05) is 30.3 Å². The lowest BCUT2D eigenvalue weighted by molar-refractivity contribution is 0.0949. The van der Waals surface area contributed by atoms with Crippen LogP contribution in [0.2, 0.25) is 0 Å². The molecule has 2 aromatic carbocycles. The molecule has 0 atom stereocenters. The number of ether oxygens (including phenoxy) is 3. The van der Waals surface area contributed by atoms with Gasteiger partial charge < -0.3 is 24.8 Å². The molecule has 0 fully saturated rings. The maximum Gasteiger partial charge on any atom is 0.270 e. The summed E-state index contributed by atoms with van der Waals surface area (Å²) in [5.74, 6) is 2.20. The number of amides is 1. The molecule has 4 rings (SSSR count). The molecule has 2 heterocycles. The Kier molecular flexibility index (Phi) is 5.42. The lowest BCUT2D eigenvalue weighted by Crippen LogP contribution is -2.26. The molecule has 1 aromatic heterocycles. The Balaban J connectivity index is 1.37. The summed E-state index contributed by atoms with van der Waals surface area (Å²) in [6.45, 7) is 0.675. The number of hydrogen-bond donors (Lipinski definition) is 2. The number of fused-ring (bicyclic) bond motifs is 1. The number of aromatic nitrogens is 2. The highest BCUT2D eigenvalue weighted by atomic mass is 16.7. The maximum atomic E-state index is 12.5. The van der Waals surface area contributed by atoms with E-state index in [-0.39, 0.29) is 18.4 Å². The number of para-hydroxylation sites is 1. The van der Waals surface area contributed by atoms with E-state index in [0.29, 0.717) is 30.4 Å². The van der Waals surface area contributed by atoms with Crippen molar-refractivity contribution < 1.29 is 19.0 Å². The third kappa shape index (κ3) is 4.37. The number of benzene rings is 2. The SMILES string of the molecule is COc1ccccc1CCNC(=O)c1ccnc(Nc2ccc3c(c2)OCO3)n1. The van der Waals surface area contributed by atoms with E-state index in [2.05, 4.69) is 20.6 Å². The van der Waals surface area contributed by atoms with Gasteiger partial charge in [0.15, 0.2) is 11.5 Å². The Morgan fingerprint density at radius 1 is 1.14 bits per heavy atom. The monoisotopic (exact) mass is 392 g/mol. The van der Waals surface area contributed by atoms with Crippen LogP contribution < -0.4 is 24.8 Å². The molecule has 148 valence electrons. The van der Waals surface area contributed by atoms with Crippen LogP contribution in [0.15, 0.2) is 54.7 Å². The number of methoxy groups -OCH3 is 1.